The number of benzene rings is 1. The lowest BCUT2D eigenvalue weighted by Crippen LogP contribution is -2.44. The number of nitrogens with zero attached hydrogens (tertiary/aromatic N) is 2. The first-order chi connectivity index (χ1) is 14.7. The van der Waals surface area contributed by atoms with Gasteiger partial charge in [-0.3, -0.25) is 4.90 Å². The molecule has 1 aromatic heterocycles. The molecule has 1 aromatic carbocycles. The summed E-state index contributed by atoms with van der Waals surface area (Å²) in [6.45, 7) is 5.57. The number of hydrogen-bond acceptors (Lipinski definition) is 5. The molecule has 1 aliphatic heterocycles. The maximum absolute atomic E-state index is 5.41. The van der Waals surface area contributed by atoms with E-state index in [4.69, 9.17) is 14.5 Å². The number of piperidine rings is 1. The second-order valence-electron chi connectivity index (χ2n) is 7.61. The molecule has 2 N–H and O–H groups in total. The summed E-state index contributed by atoms with van der Waals surface area (Å²) in [4.78, 5) is 8.74. The molecule has 30 heavy (non-hydrogen) atoms. The highest BCUT2D eigenvalue weighted by Gasteiger charge is 2.31. The Balaban J connectivity index is 1.66. The zero-order valence-corrected chi connectivity index (χ0v) is 19.3. The van der Waals surface area contributed by atoms with Crippen molar-refractivity contribution in [3.63, 3.8) is 0 Å². The molecule has 2 aromatic rings. The average molecular weight is 431 g/mol. The number of thiophene rings is 1. The highest BCUT2D eigenvalue weighted by atomic mass is 32.1. The van der Waals surface area contributed by atoms with Gasteiger partial charge in [-0.2, -0.15) is 0 Å². The molecule has 7 heteroatoms. The molecule has 0 amide bonds. The normalized spacial score (nSPS) is 20.1. The molecule has 2 unspecified atom stereocenters. The molecule has 2 atom stereocenters. The fourth-order valence-electron chi connectivity index (χ4n) is 4.10. The van der Waals surface area contributed by atoms with Crippen molar-refractivity contribution in [1.29, 1.82) is 0 Å². The minimum absolute atomic E-state index is 0.472. The van der Waals surface area contributed by atoms with Gasteiger partial charge in [0.05, 0.1) is 20.8 Å². The number of guanidine groups is 1. The van der Waals surface area contributed by atoms with E-state index in [2.05, 4.69) is 47.0 Å². The van der Waals surface area contributed by atoms with Crippen LogP contribution in [0.25, 0.3) is 0 Å². The van der Waals surface area contributed by atoms with Gasteiger partial charge in [0.1, 0.15) is 0 Å². The Morgan fingerprint density at radius 1 is 1.20 bits per heavy atom. The molecule has 1 saturated heterocycles. The third-order valence-electron chi connectivity index (χ3n) is 5.59. The zero-order chi connectivity index (χ0) is 21.3. The smallest absolute Gasteiger partial charge is 0.191 e. The monoisotopic (exact) mass is 430 g/mol. The van der Waals surface area contributed by atoms with Gasteiger partial charge >= 0.3 is 0 Å². The lowest BCUT2D eigenvalue weighted by atomic mass is 9.88. The van der Waals surface area contributed by atoms with Crippen LogP contribution in [0.5, 0.6) is 11.5 Å². The standard InChI is InChI=1S/C23H34N4O2S/c1-5-24-23(25-15-17-10-11-19(28-3)20(14-17)29-4)26-16-18-8-6-12-27(2)22(18)21-9-7-13-30-21/h7,9-11,13-14,18,22H,5-6,8,12,15-16H2,1-4H3,(H2,24,25,26). The van der Waals surface area contributed by atoms with Crippen LogP contribution in [0.1, 0.15) is 36.2 Å². The van der Waals surface area contributed by atoms with Crippen LogP contribution in [-0.4, -0.2) is 51.8 Å². The summed E-state index contributed by atoms with van der Waals surface area (Å²) in [5, 5.41) is 9.14. The van der Waals surface area contributed by atoms with E-state index in [-0.39, 0.29) is 0 Å². The van der Waals surface area contributed by atoms with E-state index in [1.54, 1.807) is 14.2 Å². The Hall–Kier alpha value is -2.25. The van der Waals surface area contributed by atoms with Crippen LogP contribution in [0.4, 0.5) is 0 Å². The van der Waals surface area contributed by atoms with Crippen molar-refractivity contribution in [3.8, 4) is 11.5 Å². The fraction of sp³-hybridized carbons (Fsp3) is 0.522. The van der Waals surface area contributed by atoms with Crippen molar-refractivity contribution in [2.75, 3.05) is 40.9 Å². The number of ether oxygens (including phenoxy) is 2. The van der Waals surface area contributed by atoms with Gasteiger partial charge in [-0.05, 0) is 68.4 Å². The molecule has 0 bridgehead atoms. The molecular formula is C23H34N4O2S. The highest BCUT2D eigenvalue weighted by molar-refractivity contribution is 7.10. The van der Waals surface area contributed by atoms with Crippen molar-refractivity contribution in [3.05, 3.63) is 46.2 Å². The third-order valence-corrected chi connectivity index (χ3v) is 6.53. The molecule has 164 valence electrons. The maximum atomic E-state index is 5.41. The zero-order valence-electron chi connectivity index (χ0n) is 18.5. The van der Waals surface area contributed by atoms with Gasteiger partial charge in [-0.15, -0.1) is 11.3 Å². The van der Waals surface area contributed by atoms with Gasteiger partial charge in [0, 0.05) is 24.0 Å². The van der Waals surface area contributed by atoms with Crippen molar-refractivity contribution in [1.82, 2.24) is 15.5 Å². The summed E-state index contributed by atoms with van der Waals surface area (Å²) < 4.78 is 10.7. The van der Waals surface area contributed by atoms with Gasteiger partial charge in [-0.1, -0.05) is 12.1 Å². The number of aliphatic imine (C=N–C) groups is 1. The lowest BCUT2D eigenvalue weighted by molar-refractivity contribution is 0.125. The molecule has 3 rings (SSSR count). The molecular weight excluding hydrogens is 396 g/mol. The topological polar surface area (TPSA) is 58.1 Å². The Kier molecular flexibility index (Phi) is 8.39. The van der Waals surface area contributed by atoms with Crippen molar-refractivity contribution in [2.24, 2.45) is 10.9 Å². The number of methoxy groups -OCH3 is 2. The lowest BCUT2D eigenvalue weighted by Gasteiger charge is -2.39. The van der Waals surface area contributed by atoms with Gasteiger partial charge < -0.3 is 20.1 Å². The van der Waals surface area contributed by atoms with Gasteiger partial charge in [-0.25, -0.2) is 4.99 Å². The Morgan fingerprint density at radius 3 is 2.73 bits per heavy atom. The summed E-state index contributed by atoms with van der Waals surface area (Å²) in [6, 6.07) is 10.8. The van der Waals surface area contributed by atoms with Crippen LogP contribution in [0, 0.1) is 5.92 Å². The first kappa shape index (κ1) is 22.4. The summed E-state index contributed by atoms with van der Waals surface area (Å²) >= 11 is 1.86. The summed E-state index contributed by atoms with van der Waals surface area (Å²) in [5.74, 6) is 2.88. The van der Waals surface area contributed by atoms with Crippen LogP contribution in [0.3, 0.4) is 0 Å². The highest BCUT2D eigenvalue weighted by Crippen LogP contribution is 2.36. The Bertz CT molecular complexity index is 810. The number of nitrogens with one attached hydrogen (secondary N) is 2. The summed E-state index contributed by atoms with van der Waals surface area (Å²) in [5.41, 5.74) is 1.08. The summed E-state index contributed by atoms with van der Waals surface area (Å²) in [6.07, 6.45) is 2.47. The van der Waals surface area contributed by atoms with E-state index in [9.17, 15) is 0 Å². The van der Waals surface area contributed by atoms with Crippen LogP contribution in [0.2, 0.25) is 0 Å². The second kappa shape index (κ2) is 11.2. The second-order valence-corrected chi connectivity index (χ2v) is 8.59. The van der Waals surface area contributed by atoms with Crippen molar-refractivity contribution < 1.29 is 9.47 Å². The van der Waals surface area contributed by atoms with Gasteiger partial charge in [0.25, 0.3) is 0 Å². The number of rotatable bonds is 8. The number of likely N-dealkylation sites (tertiary alicyclic amines) is 1. The van der Waals surface area contributed by atoms with Crippen LogP contribution in [-0.2, 0) is 6.54 Å². The number of hydrogen-bond donors (Lipinski definition) is 2. The van der Waals surface area contributed by atoms with E-state index in [0.29, 0.717) is 18.5 Å². The predicted molar refractivity (Wildman–Crippen MR) is 125 cm³/mol. The first-order valence-corrected chi connectivity index (χ1v) is 11.5. The SMILES string of the molecule is CCNC(=NCc1ccc(OC)c(OC)c1)NCC1CCCN(C)C1c1cccs1. The van der Waals surface area contributed by atoms with Crippen molar-refractivity contribution >= 4 is 17.3 Å². The van der Waals surface area contributed by atoms with E-state index in [1.165, 1.54) is 17.7 Å². The fourth-order valence-corrected chi connectivity index (χ4v) is 5.08. The van der Waals surface area contributed by atoms with Crippen LogP contribution < -0.4 is 20.1 Å². The first-order valence-electron chi connectivity index (χ1n) is 10.6. The minimum Gasteiger partial charge on any atom is -0.493 e. The van der Waals surface area contributed by atoms with E-state index in [1.807, 2.05) is 29.5 Å². The Labute approximate surface area is 184 Å². The Morgan fingerprint density at radius 2 is 2.03 bits per heavy atom. The van der Waals surface area contributed by atoms with Crippen LogP contribution in [0.15, 0.2) is 40.7 Å². The van der Waals surface area contributed by atoms with Crippen LogP contribution >= 0.6 is 11.3 Å². The van der Waals surface area contributed by atoms with E-state index >= 15 is 0 Å². The molecule has 0 radical (unpaired) electrons. The molecule has 2 heterocycles. The predicted octanol–water partition coefficient (Wildman–Crippen LogP) is 3.90. The average Bonchev–Trinajstić information content (AvgIpc) is 3.29. The van der Waals surface area contributed by atoms with E-state index in [0.717, 1.165) is 42.7 Å². The molecule has 0 spiro atoms. The summed E-state index contributed by atoms with van der Waals surface area (Å²) in [7, 11) is 5.55. The molecule has 0 aliphatic carbocycles. The molecule has 1 fully saturated rings. The largest absolute Gasteiger partial charge is 0.493 e. The molecule has 1 aliphatic rings. The molecule has 6 nitrogen and oxygen atoms in total. The van der Waals surface area contributed by atoms with Gasteiger partial charge in [0.2, 0.25) is 0 Å². The minimum atomic E-state index is 0.472. The quantitative estimate of drug-likeness (QED) is 0.491. The third kappa shape index (κ3) is 5.67. The van der Waals surface area contributed by atoms with Gasteiger partial charge in [0.15, 0.2) is 17.5 Å². The maximum Gasteiger partial charge on any atom is 0.191 e. The van der Waals surface area contributed by atoms with E-state index < -0.39 is 0 Å². The molecule has 0 saturated carbocycles. The van der Waals surface area contributed by atoms with Crippen molar-refractivity contribution in [2.45, 2.75) is 32.4 Å².